The number of ether oxygens (including phenoxy) is 3. The van der Waals surface area contributed by atoms with Crippen LogP contribution >= 0.6 is 0 Å². The normalized spacial score (nSPS) is 24.3. The highest BCUT2D eigenvalue weighted by molar-refractivity contribution is 5.69. The summed E-state index contributed by atoms with van der Waals surface area (Å²) < 4.78 is 17.3. The third-order valence-corrected chi connectivity index (χ3v) is 4.22. The molecule has 1 aromatic rings. The molecule has 0 aliphatic carbocycles. The van der Waals surface area contributed by atoms with E-state index in [0.717, 1.165) is 18.4 Å². The monoisotopic (exact) mass is 334 g/mol. The molecule has 4 heteroatoms. The summed E-state index contributed by atoms with van der Waals surface area (Å²) in [6.07, 6.45) is 1.81. The minimum atomic E-state index is -0.502. The Balaban J connectivity index is 1.85. The van der Waals surface area contributed by atoms with E-state index >= 15 is 0 Å². The second-order valence-electron chi connectivity index (χ2n) is 7.32. The second-order valence-corrected chi connectivity index (χ2v) is 7.32. The van der Waals surface area contributed by atoms with Crippen molar-refractivity contribution in [2.24, 2.45) is 11.8 Å². The van der Waals surface area contributed by atoms with Gasteiger partial charge in [0.15, 0.2) is 6.29 Å². The van der Waals surface area contributed by atoms with Crippen molar-refractivity contribution < 1.29 is 19.0 Å². The van der Waals surface area contributed by atoms with E-state index in [-0.39, 0.29) is 31.2 Å². The van der Waals surface area contributed by atoms with Crippen LogP contribution in [0.5, 0.6) is 0 Å². The van der Waals surface area contributed by atoms with Gasteiger partial charge in [-0.3, -0.25) is 4.79 Å². The molecule has 1 aromatic carbocycles. The summed E-state index contributed by atoms with van der Waals surface area (Å²) in [5.74, 6) is 0.689. The highest BCUT2D eigenvalue weighted by atomic mass is 16.7. The summed E-state index contributed by atoms with van der Waals surface area (Å²) in [5.41, 5.74) is 0.981. The number of hydrogen-bond donors (Lipinski definition) is 0. The standard InChI is InChI=1S/C20H30O4/c1-14(2)10-17-11-18(15(3)4)24-20(23-17)12-19(21)22-13-16-8-6-5-7-9-16/h5-9,14-15,17-18,20H,10-13H2,1-4H3. The van der Waals surface area contributed by atoms with E-state index in [1.165, 1.54) is 0 Å². The van der Waals surface area contributed by atoms with E-state index in [0.29, 0.717) is 11.8 Å². The lowest BCUT2D eigenvalue weighted by Crippen LogP contribution is -2.42. The molecule has 0 amide bonds. The third kappa shape index (κ3) is 6.25. The fourth-order valence-electron chi connectivity index (χ4n) is 2.95. The summed E-state index contributed by atoms with van der Waals surface area (Å²) in [6, 6.07) is 9.68. The molecule has 134 valence electrons. The lowest BCUT2D eigenvalue weighted by Gasteiger charge is -2.38. The molecule has 0 aromatic heterocycles. The van der Waals surface area contributed by atoms with E-state index < -0.39 is 6.29 Å². The van der Waals surface area contributed by atoms with Gasteiger partial charge in [0.2, 0.25) is 0 Å². The molecule has 2 rings (SSSR count). The van der Waals surface area contributed by atoms with Gasteiger partial charge in [0, 0.05) is 6.42 Å². The Morgan fingerprint density at radius 3 is 2.50 bits per heavy atom. The smallest absolute Gasteiger partial charge is 0.311 e. The van der Waals surface area contributed by atoms with Crippen LogP contribution in [0.25, 0.3) is 0 Å². The predicted octanol–water partition coefficient (Wildman–Crippen LogP) is 4.32. The quantitative estimate of drug-likeness (QED) is 0.697. The van der Waals surface area contributed by atoms with Crippen LogP contribution in [0.3, 0.4) is 0 Å². The lowest BCUT2D eigenvalue weighted by atomic mass is 9.94. The van der Waals surface area contributed by atoms with Gasteiger partial charge in [0.05, 0.1) is 18.6 Å². The molecule has 3 atom stereocenters. The Labute approximate surface area is 145 Å². The average Bonchev–Trinajstić information content (AvgIpc) is 2.53. The summed E-state index contributed by atoms with van der Waals surface area (Å²) >= 11 is 0. The van der Waals surface area contributed by atoms with Crippen molar-refractivity contribution in [3.63, 3.8) is 0 Å². The minimum absolute atomic E-state index is 0.134. The van der Waals surface area contributed by atoms with Gasteiger partial charge >= 0.3 is 5.97 Å². The first-order chi connectivity index (χ1) is 11.4. The fourth-order valence-corrected chi connectivity index (χ4v) is 2.95. The van der Waals surface area contributed by atoms with Crippen molar-refractivity contribution >= 4 is 5.97 Å². The Bertz CT molecular complexity index is 498. The molecule has 0 spiro atoms. The molecule has 1 heterocycles. The highest BCUT2D eigenvalue weighted by Gasteiger charge is 2.33. The average molecular weight is 334 g/mol. The molecular formula is C20H30O4. The molecule has 0 bridgehead atoms. The van der Waals surface area contributed by atoms with Crippen LogP contribution < -0.4 is 0 Å². The Kier molecular flexibility index (Phi) is 7.25. The molecule has 1 fully saturated rings. The van der Waals surface area contributed by atoms with Crippen molar-refractivity contribution in [1.29, 1.82) is 0 Å². The number of benzene rings is 1. The van der Waals surface area contributed by atoms with Gasteiger partial charge in [-0.15, -0.1) is 0 Å². The molecule has 3 unspecified atom stereocenters. The summed E-state index contributed by atoms with van der Waals surface area (Å²) in [5, 5.41) is 0. The largest absolute Gasteiger partial charge is 0.461 e. The van der Waals surface area contributed by atoms with Crippen molar-refractivity contribution in [3.8, 4) is 0 Å². The van der Waals surface area contributed by atoms with Gasteiger partial charge in [-0.2, -0.15) is 0 Å². The summed E-state index contributed by atoms with van der Waals surface area (Å²) in [7, 11) is 0. The van der Waals surface area contributed by atoms with Crippen LogP contribution in [0.2, 0.25) is 0 Å². The fraction of sp³-hybridized carbons (Fsp3) is 0.650. The number of esters is 1. The molecule has 1 saturated heterocycles. The van der Waals surface area contributed by atoms with E-state index in [9.17, 15) is 4.79 Å². The molecule has 0 N–H and O–H groups in total. The van der Waals surface area contributed by atoms with Crippen molar-refractivity contribution in [1.82, 2.24) is 0 Å². The summed E-state index contributed by atoms with van der Waals surface area (Å²) in [4.78, 5) is 12.1. The Morgan fingerprint density at radius 2 is 1.88 bits per heavy atom. The molecule has 0 radical (unpaired) electrons. The minimum Gasteiger partial charge on any atom is -0.461 e. The molecule has 24 heavy (non-hydrogen) atoms. The lowest BCUT2D eigenvalue weighted by molar-refractivity contribution is -0.256. The zero-order valence-corrected chi connectivity index (χ0v) is 15.2. The molecule has 1 aliphatic rings. The molecule has 1 aliphatic heterocycles. The number of carbonyl (C=O) groups is 1. The molecular weight excluding hydrogens is 304 g/mol. The third-order valence-electron chi connectivity index (χ3n) is 4.22. The van der Waals surface area contributed by atoms with E-state index in [1.54, 1.807) is 0 Å². The van der Waals surface area contributed by atoms with E-state index in [2.05, 4.69) is 27.7 Å². The SMILES string of the molecule is CC(C)CC1CC(C(C)C)OC(CC(=O)OCc2ccccc2)O1. The number of carbonyl (C=O) groups excluding carboxylic acids is 1. The van der Waals surface area contributed by atoms with Gasteiger partial charge < -0.3 is 14.2 Å². The first-order valence-electron chi connectivity index (χ1n) is 8.94. The zero-order chi connectivity index (χ0) is 17.5. The van der Waals surface area contributed by atoms with Crippen LogP contribution in [0, 0.1) is 11.8 Å². The highest BCUT2D eigenvalue weighted by Crippen LogP contribution is 2.28. The maximum absolute atomic E-state index is 12.1. The van der Waals surface area contributed by atoms with Crippen molar-refractivity contribution in [3.05, 3.63) is 35.9 Å². The molecule has 0 saturated carbocycles. The first kappa shape index (κ1) is 18.9. The van der Waals surface area contributed by atoms with Gasteiger partial charge in [-0.1, -0.05) is 58.0 Å². The number of rotatable bonds is 7. The van der Waals surface area contributed by atoms with Gasteiger partial charge in [-0.25, -0.2) is 0 Å². The van der Waals surface area contributed by atoms with Crippen molar-refractivity contribution in [2.45, 2.75) is 72.1 Å². The summed E-state index contributed by atoms with van der Waals surface area (Å²) in [6.45, 7) is 8.95. The van der Waals surface area contributed by atoms with E-state index in [1.807, 2.05) is 30.3 Å². The van der Waals surface area contributed by atoms with Crippen LogP contribution in [0.15, 0.2) is 30.3 Å². The van der Waals surface area contributed by atoms with Crippen LogP contribution in [-0.2, 0) is 25.6 Å². The van der Waals surface area contributed by atoms with Gasteiger partial charge in [-0.05, 0) is 23.8 Å². The van der Waals surface area contributed by atoms with Gasteiger partial charge in [0.1, 0.15) is 6.61 Å². The maximum Gasteiger partial charge on any atom is 0.311 e. The van der Waals surface area contributed by atoms with Gasteiger partial charge in [0.25, 0.3) is 0 Å². The topological polar surface area (TPSA) is 44.8 Å². The zero-order valence-electron chi connectivity index (χ0n) is 15.2. The molecule has 4 nitrogen and oxygen atoms in total. The predicted molar refractivity (Wildman–Crippen MR) is 93.3 cm³/mol. The maximum atomic E-state index is 12.1. The Morgan fingerprint density at radius 1 is 1.17 bits per heavy atom. The Hall–Kier alpha value is -1.39. The van der Waals surface area contributed by atoms with Crippen molar-refractivity contribution in [2.75, 3.05) is 0 Å². The number of hydrogen-bond acceptors (Lipinski definition) is 4. The van der Waals surface area contributed by atoms with E-state index in [4.69, 9.17) is 14.2 Å². The van der Waals surface area contributed by atoms with Crippen LogP contribution in [0.4, 0.5) is 0 Å². The van der Waals surface area contributed by atoms with Crippen LogP contribution in [-0.4, -0.2) is 24.5 Å². The first-order valence-corrected chi connectivity index (χ1v) is 8.94. The van der Waals surface area contributed by atoms with Crippen LogP contribution in [0.1, 0.15) is 52.5 Å². The second kappa shape index (κ2) is 9.19.